The number of nitrogens with one attached hydrogen (secondary N) is 10. The summed E-state index contributed by atoms with van der Waals surface area (Å²) in [5, 5.41) is 36.0. The van der Waals surface area contributed by atoms with E-state index in [9.17, 15) is 0 Å². The van der Waals surface area contributed by atoms with Crippen molar-refractivity contribution in [2.24, 2.45) is 17.2 Å². The quantitative estimate of drug-likeness (QED) is 0.0170. The first kappa shape index (κ1) is 68.1. The number of aromatic amines is 1. The molecular formula is C76H88N22. The van der Waals surface area contributed by atoms with Crippen molar-refractivity contribution in [3.63, 3.8) is 0 Å². The first-order valence-corrected chi connectivity index (χ1v) is 33.8. The molecule has 0 saturated heterocycles. The minimum absolute atomic E-state index is 0.522. The number of para-hydroxylation sites is 1. The first-order valence-electron chi connectivity index (χ1n) is 33.8. The van der Waals surface area contributed by atoms with Crippen LogP contribution >= 0.6 is 0 Å². The normalized spacial score (nSPS) is 11.4. The minimum Gasteiger partial charge on any atom is -0.361 e. The largest absolute Gasteiger partial charge is 0.361 e. The standard InChI is InChI=1S/C27H32N8.C25H29N7.C24H27N7/c28-14-5-15-29-25-33-26(30-16-12-20-11-10-19-6-1-2-7-22(19)20)35-27(34-25)31-17-13-21-18-32-24-9-4-3-8-23(21)24;26-15-6-7-16-27-23-30-24(28-17-19-9-2-1-3-10-19)32-25(31-23)29-18-21-13-8-12-20-11-4-5-14-22(20)21;25-14-7-15-26-22-29-23(27-16-18-8-2-1-3-9-18)31-24(30-22)28-17-20-12-6-11-19-10-4-5-13-21(19)20/h1-4,6-9,11,18,32H,5,10,12-17,28H2,(H3,29,30,31,33,34,35);1-5,8-14H,6-7,15-18,26H2,(H3,27,28,29,30,31,32);1-6,8-13H,7,14-17,25H2,(H3,26,27,28,29,30,31). The Morgan fingerprint density at radius 1 is 0.316 bits per heavy atom. The molecule has 0 aliphatic heterocycles. The van der Waals surface area contributed by atoms with E-state index in [1.54, 1.807) is 0 Å². The number of fused-ring (bicyclic) bond motifs is 4. The number of allylic oxidation sites excluding steroid dienone is 1. The summed E-state index contributed by atoms with van der Waals surface area (Å²) in [6, 6.07) is 66.6. The fourth-order valence-corrected chi connectivity index (χ4v) is 11.3. The van der Waals surface area contributed by atoms with Crippen LogP contribution < -0.4 is 65.1 Å². The van der Waals surface area contributed by atoms with Crippen LogP contribution in [0.1, 0.15) is 71.0 Å². The number of nitrogens with two attached hydrogens (primary N) is 3. The van der Waals surface area contributed by atoms with Gasteiger partial charge in [-0.1, -0.05) is 194 Å². The molecule has 22 nitrogen and oxygen atoms in total. The topological polar surface area (TPSA) is 318 Å². The molecule has 98 heavy (non-hydrogen) atoms. The average molecular weight is 1310 g/mol. The van der Waals surface area contributed by atoms with Crippen LogP contribution in [0.2, 0.25) is 0 Å². The lowest BCUT2D eigenvalue weighted by atomic mass is 10.0. The number of aromatic nitrogens is 10. The van der Waals surface area contributed by atoms with Crippen molar-refractivity contribution in [3.05, 3.63) is 245 Å². The Kier molecular flexibility index (Phi) is 25.4. The summed E-state index contributed by atoms with van der Waals surface area (Å²) in [6.07, 6.45) is 10.8. The van der Waals surface area contributed by atoms with Gasteiger partial charge >= 0.3 is 0 Å². The number of anilines is 9. The van der Waals surface area contributed by atoms with Crippen molar-refractivity contribution in [1.82, 2.24) is 49.8 Å². The molecule has 0 fully saturated rings. The van der Waals surface area contributed by atoms with Crippen LogP contribution in [0.4, 0.5) is 53.5 Å². The number of rotatable bonds is 33. The highest BCUT2D eigenvalue weighted by atomic mass is 15.3. The Morgan fingerprint density at radius 2 is 0.704 bits per heavy atom. The lowest BCUT2D eigenvalue weighted by Gasteiger charge is -2.12. The fraction of sp³-hybridized carbons (Fsp3) is 0.250. The lowest BCUT2D eigenvalue weighted by Crippen LogP contribution is -2.16. The van der Waals surface area contributed by atoms with Crippen LogP contribution in [-0.2, 0) is 39.0 Å². The van der Waals surface area contributed by atoms with E-state index in [2.05, 4.69) is 262 Å². The maximum atomic E-state index is 5.64. The highest BCUT2D eigenvalue weighted by Gasteiger charge is 2.15. The molecule has 0 saturated carbocycles. The number of nitrogens with zero attached hydrogens (tertiary/aromatic N) is 9. The molecule has 22 heteroatoms. The van der Waals surface area contributed by atoms with Crippen LogP contribution in [0.5, 0.6) is 0 Å². The molecule has 502 valence electrons. The van der Waals surface area contributed by atoms with E-state index >= 15 is 0 Å². The van der Waals surface area contributed by atoms with Crippen LogP contribution in [-0.4, -0.2) is 102 Å². The van der Waals surface area contributed by atoms with Crippen molar-refractivity contribution < 1.29 is 0 Å². The summed E-state index contributed by atoms with van der Waals surface area (Å²) in [5.74, 6) is 4.86. The SMILES string of the molecule is NCCCCNc1nc(NCc2ccccc2)nc(NCc2cccc3ccccc23)n1.NCCCNc1nc(NCCC2=CCc3ccccc32)nc(NCCc2c[nH]c3ccccc23)n1.NCCCNc1nc(NCc2ccccc2)nc(NCc2cccc3ccccc23)n1. The molecule has 12 aromatic rings. The van der Waals surface area contributed by atoms with Crippen molar-refractivity contribution in [1.29, 1.82) is 0 Å². The van der Waals surface area contributed by atoms with Gasteiger partial charge in [0, 0.05) is 76.0 Å². The molecule has 13 rings (SSSR count). The molecule has 0 unspecified atom stereocenters. The van der Waals surface area contributed by atoms with Gasteiger partial charge in [0.15, 0.2) is 0 Å². The third kappa shape index (κ3) is 20.3. The molecule has 16 N–H and O–H groups in total. The summed E-state index contributed by atoms with van der Waals surface area (Å²) >= 11 is 0. The highest BCUT2D eigenvalue weighted by Crippen LogP contribution is 2.30. The summed E-state index contributed by atoms with van der Waals surface area (Å²) in [5.41, 5.74) is 28.1. The number of hydrogen-bond donors (Lipinski definition) is 13. The number of unbranched alkanes of at least 4 members (excludes halogenated alkanes) is 1. The Morgan fingerprint density at radius 3 is 1.20 bits per heavy atom. The molecule has 1 aliphatic carbocycles. The third-order valence-electron chi connectivity index (χ3n) is 16.3. The third-order valence-corrected chi connectivity index (χ3v) is 16.3. The molecular weight excluding hydrogens is 1220 g/mol. The first-order chi connectivity index (χ1) is 48.4. The van der Waals surface area contributed by atoms with Gasteiger partial charge in [-0.05, 0) is 137 Å². The van der Waals surface area contributed by atoms with Gasteiger partial charge in [0.05, 0.1) is 0 Å². The van der Waals surface area contributed by atoms with Crippen LogP contribution in [0.25, 0.3) is 38.0 Å². The molecule has 0 amide bonds. The van der Waals surface area contributed by atoms with Crippen molar-refractivity contribution in [2.75, 3.05) is 100 Å². The number of H-pyrrole nitrogens is 1. The van der Waals surface area contributed by atoms with Gasteiger partial charge in [-0.25, -0.2) is 0 Å². The average Bonchev–Trinajstić information content (AvgIpc) is 1.61. The van der Waals surface area contributed by atoms with Crippen molar-refractivity contribution >= 4 is 91.6 Å². The molecule has 0 bridgehead atoms. The minimum atomic E-state index is 0.522. The Bertz CT molecular complexity index is 4440. The van der Waals surface area contributed by atoms with Crippen molar-refractivity contribution in [3.8, 4) is 0 Å². The monoisotopic (exact) mass is 1310 g/mol. The van der Waals surface area contributed by atoms with E-state index in [4.69, 9.17) is 17.2 Å². The Labute approximate surface area is 572 Å². The van der Waals surface area contributed by atoms with Gasteiger partial charge in [0.1, 0.15) is 0 Å². The molecule has 0 spiro atoms. The fourth-order valence-electron chi connectivity index (χ4n) is 11.3. The number of hydrogen-bond acceptors (Lipinski definition) is 21. The molecule has 8 aromatic carbocycles. The predicted molar refractivity (Wildman–Crippen MR) is 402 cm³/mol. The lowest BCUT2D eigenvalue weighted by molar-refractivity contribution is 0.769. The summed E-state index contributed by atoms with van der Waals surface area (Å²) in [7, 11) is 0. The summed E-state index contributed by atoms with van der Waals surface area (Å²) in [4.78, 5) is 44.3. The Balaban J connectivity index is 0.000000149. The Hall–Kier alpha value is -11.3. The van der Waals surface area contributed by atoms with E-state index in [1.165, 1.54) is 60.3 Å². The van der Waals surface area contributed by atoms with Crippen LogP contribution in [0.3, 0.4) is 0 Å². The van der Waals surface area contributed by atoms with Crippen LogP contribution in [0, 0.1) is 0 Å². The van der Waals surface area contributed by atoms with Gasteiger partial charge in [0.25, 0.3) is 0 Å². The maximum Gasteiger partial charge on any atom is 0.229 e. The second-order valence-corrected chi connectivity index (χ2v) is 23.4. The smallest absolute Gasteiger partial charge is 0.229 e. The molecule has 0 radical (unpaired) electrons. The highest BCUT2D eigenvalue weighted by molar-refractivity contribution is 5.87. The van der Waals surface area contributed by atoms with Gasteiger partial charge in [-0.3, -0.25) is 0 Å². The van der Waals surface area contributed by atoms with Crippen molar-refractivity contribution in [2.45, 2.75) is 71.1 Å². The van der Waals surface area contributed by atoms with E-state index in [0.717, 1.165) is 87.8 Å². The second kappa shape index (κ2) is 36.5. The van der Waals surface area contributed by atoms with E-state index in [0.29, 0.717) is 106 Å². The van der Waals surface area contributed by atoms with E-state index in [1.807, 2.05) is 42.5 Å². The zero-order valence-electron chi connectivity index (χ0n) is 55.3. The van der Waals surface area contributed by atoms with Gasteiger partial charge in [-0.2, -0.15) is 44.9 Å². The van der Waals surface area contributed by atoms with E-state index < -0.39 is 0 Å². The zero-order chi connectivity index (χ0) is 67.2. The second-order valence-electron chi connectivity index (χ2n) is 23.4. The zero-order valence-corrected chi connectivity index (χ0v) is 55.3. The molecule has 1 aliphatic rings. The van der Waals surface area contributed by atoms with Gasteiger partial charge in [-0.15, -0.1) is 0 Å². The van der Waals surface area contributed by atoms with Gasteiger partial charge in [0.2, 0.25) is 53.5 Å². The summed E-state index contributed by atoms with van der Waals surface area (Å²) < 4.78 is 0. The molecule has 4 aromatic heterocycles. The predicted octanol–water partition coefficient (Wildman–Crippen LogP) is 12.6. The molecule has 4 heterocycles. The van der Waals surface area contributed by atoms with Gasteiger partial charge < -0.3 is 70.0 Å². The maximum absolute atomic E-state index is 5.64. The van der Waals surface area contributed by atoms with E-state index in [-0.39, 0.29) is 0 Å². The van der Waals surface area contributed by atoms with Crippen LogP contribution in [0.15, 0.2) is 206 Å². The summed E-state index contributed by atoms with van der Waals surface area (Å²) in [6.45, 7) is 8.09. The molecule has 0 atom stereocenters. The number of benzene rings is 8.